The molecule has 1 amide bonds. The third-order valence-electron chi connectivity index (χ3n) is 8.71. The summed E-state index contributed by atoms with van der Waals surface area (Å²) in [5.41, 5.74) is -1.05. The van der Waals surface area contributed by atoms with E-state index < -0.39 is 35.2 Å². The minimum atomic E-state index is -4.92. The number of anilines is 2. The van der Waals surface area contributed by atoms with E-state index in [1.54, 1.807) is 29.2 Å². The molecule has 0 radical (unpaired) electrons. The summed E-state index contributed by atoms with van der Waals surface area (Å²) in [7, 11) is 0. The molecule has 6 rings (SSSR count). The number of halogens is 3. The number of H-pyrrole nitrogens is 1. The van der Waals surface area contributed by atoms with E-state index in [0.717, 1.165) is 23.1 Å². The number of nitrogens with one attached hydrogen (secondary N) is 1. The molecule has 2 aliphatic heterocycles. The number of aromatic amines is 1. The zero-order valence-corrected chi connectivity index (χ0v) is 23.0. The highest BCUT2D eigenvalue weighted by Gasteiger charge is 2.48. The molecule has 1 saturated carbocycles. The Bertz CT molecular complexity index is 1640. The Hall–Kier alpha value is -4.73. The summed E-state index contributed by atoms with van der Waals surface area (Å²) in [6, 6.07) is 12.0. The number of ketones is 1. The van der Waals surface area contributed by atoms with Gasteiger partial charge in [-0.25, -0.2) is 10.1 Å². The van der Waals surface area contributed by atoms with Gasteiger partial charge in [0.25, 0.3) is 5.56 Å². The average Bonchev–Trinajstić information content (AvgIpc) is 3.56. The number of carbonyl (C=O) groups excluding carboxylic acids is 2. The van der Waals surface area contributed by atoms with E-state index in [1.807, 2.05) is 28.2 Å². The normalized spacial score (nSPS) is 22.0. The van der Waals surface area contributed by atoms with Crippen molar-refractivity contribution < 1.29 is 22.8 Å². The maximum absolute atomic E-state index is 14.0. The minimum absolute atomic E-state index is 0.0409. The van der Waals surface area contributed by atoms with E-state index in [-0.39, 0.29) is 30.3 Å². The van der Waals surface area contributed by atoms with Gasteiger partial charge in [0.1, 0.15) is 23.2 Å². The molecule has 3 aromatic rings. The number of benzene rings is 1. The number of hydrogen-bond donors (Lipinski definition) is 1. The molecule has 0 unspecified atom stereocenters. The first-order valence-electron chi connectivity index (χ1n) is 14.1. The highest BCUT2D eigenvalue weighted by atomic mass is 19.4. The fraction of sp³-hybridized carbons (Fsp3) is 0.400. The summed E-state index contributed by atoms with van der Waals surface area (Å²) >= 11 is 0. The van der Waals surface area contributed by atoms with Gasteiger partial charge in [-0.3, -0.25) is 14.4 Å². The molecule has 13 heteroatoms. The lowest BCUT2D eigenvalue weighted by Gasteiger charge is -2.36. The molecule has 1 N–H and O–H groups in total. The number of nitrogens with zero attached hydrogens (tertiary/aromatic N) is 6. The molecule has 1 aromatic carbocycles. The lowest BCUT2D eigenvalue weighted by atomic mass is 9.88. The topological polar surface area (TPSA) is 126 Å². The van der Waals surface area contributed by atoms with Crippen molar-refractivity contribution in [2.45, 2.75) is 38.0 Å². The van der Waals surface area contributed by atoms with Gasteiger partial charge in [-0.2, -0.15) is 23.5 Å². The largest absolute Gasteiger partial charge is 0.423 e. The molecule has 43 heavy (non-hydrogen) atoms. The van der Waals surface area contributed by atoms with Crippen molar-refractivity contribution in [3.05, 3.63) is 81.4 Å². The second-order valence-electron chi connectivity index (χ2n) is 11.1. The predicted octanol–water partition coefficient (Wildman–Crippen LogP) is 3.45. The molecule has 3 atom stereocenters. The SMILES string of the molecule is N#Cc1ccc(N2CCN(C(=O)C[C@H]3CC[C@@H]([C@H]4c5ccccc5CN4c4cn[nH]c(=O)c4C(F)(F)F)C3=O)CC2)nc1. The molecule has 4 heterocycles. The number of Topliss-reactive ketones (excluding diaryl/α,β-unsaturated/α-hetero) is 1. The quantitative estimate of drug-likeness (QED) is 0.478. The van der Waals surface area contributed by atoms with Crippen LogP contribution in [0.4, 0.5) is 24.7 Å². The van der Waals surface area contributed by atoms with Crippen LogP contribution in [0.2, 0.25) is 0 Å². The summed E-state index contributed by atoms with van der Waals surface area (Å²) in [5, 5.41) is 14.5. The van der Waals surface area contributed by atoms with Crippen LogP contribution in [0, 0.1) is 23.2 Å². The third kappa shape index (κ3) is 5.33. The Balaban J connectivity index is 1.17. The van der Waals surface area contributed by atoms with Gasteiger partial charge in [-0.1, -0.05) is 24.3 Å². The van der Waals surface area contributed by atoms with E-state index in [9.17, 15) is 27.6 Å². The molecule has 3 aliphatic rings. The molecule has 222 valence electrons. The van der Waals surface area contributed by atoms with Gasteiger partial charge in [0.05, 0.1) is 23.5 Å². The Labute approximate surface area is 244 Å². The Morgan fingerprint density at radius 1 is 1.05 bits per heavy atom. The number of carbonyl (C=O) groups is 2. The van der Waals surface area contributed by atoms with E-state index in [0.29, 0.717) is 44.6 Å². The second-order valence-corrected chi connectivity index (χ2v) is 11.1. The molecule has 1 aliphatic carbocycles. The summed E-state index contributed by atoms with van der Waals surface area (Å²) in [6.45, 7) is 2.15. The number of nitriles is 1. The standard InChI is InChI=1S/C30H28F3N7O3/c31-30(32,33)26-23(16-36-37-29(26)43)40-17-20-3-1-2-4-21(20)27(40)22-7-6-19(28(22)42)13-25(41)39-11-9-38(10-12-39)24-8-5-18(14-34)15-35-24/h1-5,8,15-16,19,22,27H,6-7,9-13,17H2,(H,37,43)/t19-,22+,27-/m1/s1. The van der Waals surface area contributed by atoms with E-state index in [4.69, 9.17) is 5.26 Å². The molecular weight excluding hydrogens is 563 g/mol. The summed E-state index contributed by atoms with van der Waals surface area (Å²) in [5.74, 6) is -0.725. The van der Waals surface area contributed by atoms with Gasteiger partial charge in [0.2, 0.25) is 5.91 Å². The van der Waals surface area contributed by atoms with Crippen LogP contribution < -0.4 is 15.4 Å². The summed E-state index contributed by atoms with van der Waals surface area (Å²) in [4.78, 5) is 48.9. The van der Waals surface area contributed by atoms with Crippen molar-refractivity contribution in [3.8, 4) is 6.07 Å². The molecule has 10 nitrogen and oxygen atoms in total. The fourth-order valence-corrected chi connectivity index (χ4v) is 6.61. The van der Waals surface area contributed by atoms with Crippen LogP contribution >= 0.6 is 0 Å². The highest BCUT2D eigenvalue weighted by Crippen LogP contribution is 2.49. The molecular formula is C30H28F3N7O3. The maximum Gasteiger partial charge on any atom is 0.423 e. The van der Waals surface area contributed by atoms with Crippen LogP contribution in [0.25, 0.3) is 0 Å². The Kier molecular flexibility index (Phi) is 7.37. The number of hydrogen-bond acceptors (Lipinski definition) is 8. The molecule has 2 aromatic heterocycles. The van der Waals surface area contributed by atoms with Gasteiger partial charge in [-0.15, -0.1) is 0 Å². The zero-order valence-electron chi connectivity index (χ0n) is 23.0. The summed E-state index contributed by atoms with van der Waals surface area (Å²) < 4.78 is 42.0. The predicted molar refractivity (Wildman–Crippen MR) is 149 cm³/mol. The molecule has 1 saturated heterocycles. The number of aromatic nitrogens is 3. The fourth-order valence-electron chi connectivity index (χ4n) is 6.61. The van der Waals surface area contributed by atoms with Crippen molar-refractivity contribution in [1.82, 2.24) is 20.1 Å². The van der Waals surface area contributed by atoms with Crippen LogP contribution in [-0.4, -0.2) is 58.0 Å². The Morgan fingerprint density at radius 3 is 2.51 bits per heavy atom. The van der Waals surface area contributed by atoms with Crippen molar-refractivity contribution in [3.63, 3.8) is 0 Å². The third-order valence-corrected chi connectivity index (χ3v) is 8.71. The van der Waals surface area contributed by atoms with E-state index in [1.165, 1.54) is 11.1 Å². The first kappa shape index (κ1) is 28.4. The molecule has 2 fully saturated rings. The average molecular weight is 592 g/mol. The van der Waals surface area contributed by atoms with Gasteiger partial charge in [0, 0.05) is 57.2 Å². The lowest BCUT2D eigenvalue weighted by molar-refractivity contribution is -0.138. The minimum Gasteiger partial charge on any atom is -0.357 e. The van der Waals surface area contributed by atoms with Crippen molar-refractivity contribution in [1.29, 1.82) is 5.26 Å². The van der Waals surface area contributed by atoms with Crippen molar-refractivity contribution in [2.75, 3.05) is 36.0 Å². The van der Waals surface area contributed by atoms with Crippen molar-refractivity contribution in [2.24, 2.45) is 11.8 Å². The van der Waals surface area contributed by atoms with E-state index in [2.05, 4.69) is 10.1 Å². The van der Waals surface area contributed by atoms with Gasteiger partial charge >= 0.3 is 6.18 Å². The van der Waals surface area contributed by atoms with Gasteiger partial charge in [0.15, 0.2) is 0 Å². The second kappa shape index (κ2) is 11.2. The maximum atomic E-state index is 14.0. The molecule has 0 spiro atoms. The zero-order chi connectivity index (χ0) is 30.3. The van der Waals surface area contributed by atoms with Gasteiger partial charge < -0.3 is 14.7 Å². The van der Waals surface area contributed by atoms with Crippen LogP contribution in [-0.2, 0) is 22.3 Å². The van der Waals surface area contributed by atoms with E-state index >= 15 is 0 Å². The number of alkyl halides is 3. The number of pyridine rings is 1. The summed E-state index contributed by atoms with van der Waals surface area (Å²) in [6.07, 6.45) is -1.50. The van der Waals surface area contributed by atoms with Crippen LogP contribution in [0.15, 0.2) is 53.6 Å². The monoisotopic (exact) mass is 591 g/mol. The molecule has 0 bridgehead atoms. The van der Waals surface area contributed by atoms with Crippen LogP contribution in [0.1, 0.15) is 47.6 Å². The van der Waals surface area contributed by atoms with Crippen LogP contribution in [0.3, 0.4) is 0 Å². The first-order chi connectivity index (χ1) is 20.7. The smallest absolute Gasteiger partial charge is 0.357 e. The van der Waals surface area contributed by atoms with Gasteiger partial charge in [-0.05, 0) is 36.1 Å². The first-order valence-corrected chi connectivity index (χ1v) is 14.1. The Morgan fingerprint density at radius 2 is 1.81 bits per heavy atom. The number of rotatable bonds is 5. The van der Waals surface area contributed by atoms with Crippen LogP contribution in [0.5, 0.6) is 0 Å². The number of piperazine rings is 1. The van der Waals surface area contributed by atoms with Crippen molar-refractivity contribution >= 4 is 23.2 Å². The highest BCUT2D eigenvalue weighted by molar-refractivity contribution is 5.91. The number of fused-ring (bicyclic) bond motifs is 1. The number of amides is 1. The lowest BCUT2D eigenvalue weighted by Crippen LogP contribution is -2.49.